The van der Waals surface area contributed by atoms with Crippen LogP contribution in [0.4, 0.5) is 10.1 Å². The number of hydrogen-bond acceptors (Lipinski definition) is 3. The van der Waals surface area contributed by atoms with Crippen LogP contribution in [0, 0.1) is 5.82 Å². The second kappa shape index (κ2) is 5.58. The maximum atomic E-state index is 12.9. The Hall–Kier alpha value is -2.33. The number of furan rings is 1. The lowest BCUT2D eigenvalue weighted by Gasteiger charge is -2.22. The van der Waals surface area contributed by atoms with E-state index in [0.717, 1.165) is 22.4 Å². The molecule has 0 spiro atoms. The van der Waals surface area contributed by atoms with E-state index in [4.69, 9.17) is 10.2 Å². The van der Waals surface area contributed by atoms with E-state index in [1.807, 2.05) is 42.3 Å². The van der Waals surface area contributed by atoms with Gasteiger partial charge in [0.2, 0.25) is 0 Å². The first kappa shape index (κ1) is 13.6. The Kier molecular flexibility index (Phi) is 3.62. The Morgan fingerprint density at radius 1 is 1.14 bits per heavy atom. The molecule has 3 rings (SSSR count). The van der Waals surface area contributed by atoms with Crippen LogP contribution >= 0.6 is 0 Å². The number of para-hydroxylation sites is 1. The lowest BCUT2D eigenvalue weighted by atomic mass is 10.2. The summed E-state index contributed by atoms with van der Waals surface area (Å²) in [5.74, 6) is 0.513. The number of fused-ring (bicyclic) bond motifs is 1. The van der Waals surface area contributed by atoms with E-state index in [9.17, 15) is 4.39 Å². The van der Waals surface area contributed by atoms with Gasteiger partial charge in [0, 0.05) is 24.7 Å². The van der Waals surface area contributed by atoms with Crippen molar-refractivity contribution in [1.82, 2.24) is 0 Å². The zero-order chi connectivity index (χ0) is 14.8. The molecule has 1 unspecified atom stereocenters. The molecule has 1 heterocycles. The Bertz CT molecular complexity index is 703. The minimum Gasteiger partial charge on any atom is -0.459 e. The van der Waals surface area contributed by atoms with Crippen molar-refractivity contribution < 1.29 is 8.81 Å². The highest BCUT2D eigenvalue weighted by Crippen LogP contribution is 2.24. The molecule has 0 saturated heterocycles. The van der Waals surface area contributed by atoms with Crippen molar-refractivity contribution in [2.24, 2.45) is 5.73 Å². The Morgan fingerprint density at radius 2 is 1.86 bits per heavy atom. The molecule has 108 valence electrons. The van der Waals surface area contributed by atoms with Crippen molar-refractivity contribution in [2.75, 3.05) is 18.5 Å². The number of nitrogens with zero attached hydrogens (tertiary/aromatic N) is 1. The first-order valence-electron chi connectivity index (χ1n) is 6.84. The van der Waals surface area contributed by atoms with Crippen molar-refractivity contribution in [3.8, 4) is 0 Å². The molecule has 3 nitrogen and oxygen atoms in total. The van der Waals surface area contributed by atoms with Crippen LogP contribution in [-0.4, -0.2) is 13.6 Å². The third kappa shape index (κ3) is 2.90. The van der Waals surface area contributed by atoms with Crippen LogP contribution < -0.4 is 10.6 Å². The maximum Gasteiger partial charge on any atom is 0.134 e. The largest absolute Gasteiger partial charge is 0.459 e. The lowest BCUT2D eigenvalue weighted by molar-refractivity contribution is 0.495. The molecule has 0 saturated carbocycles. The minimum atomic E-state index is -0.243. The van der Waals surface area contributed by atoms with Crippen LogP contribution in [0.1, 0.15) is 11.8 Å². The highest BCUT2D eigenvalue weighted by molar-refractivity contribution is 5.77. The number of benzene rings is 2. The predicted octanol–water partition coefficient (Wildman–Crippen LogP) is 3.71. The van der Waals surface area contributed by atoms with Gasteiger partial charge in [-0.15, -0.1) is 0 Å². The standard InChI is InChI=1S/C17H17FN2O/c1-20(14-8-6-13(18)7-9-14)11-15(19)17-10-12-4-2-3-5-16(12)21-17/h2-10,15H,11,19H2,1H3. The summed E-state index contributed by atoms with van der Waals surface area (Å²) in [4.78, 5) is 1.98. The predicted molar refractivity (Wildman–Crippen MR) is 82.8 cm³/mol. The summed E-state index contributed by atoms with van der Waals surface area (Å²) < 4.78 is 18.7. The van der Waals surface area contributed by atoms with Gasteiger partial charge in [-0.1, -0.05) is 18.2 Å². The van der Waals surface area contributed by atoms with Crippen molar-refractivity contribution in [3.63, 3.8) is 0 Å². The van der Waals surface area contributed by atoms with E-state index in [1.165, 1.54) is 12.1 Å². The summed E-state index contributed by atoms with van der Waals surface area (Å²) in [6, 6.07) is 15.9. The zero-order valence-corrected chi connectivity index (χ0v) is 11.8. The number of likely N-dealkylation sites (N-methyl/N-ethyl adjacent to an activating group) is 1. The normalized spacial score (nSPS) is 12.5. The van der Waals surface area contributed by atoms with Crippen LogP contribution in [0.5, 0.6) is 0 Å². The molecule has 1 atom stereocenters. The van der Waals surface area contributed by atoms with Crippen LogP contribution in [0.3, 0.4) is 0 Å². The van der Waals surface area contributed by atoms with Gasteiger partial charge in [0.1, 0.15) is 17.2 Å². The van der Waals surface area contributed by atoms with E-state index >= 15 is 0 Å². The van der Waals surface area contributed by atoms with Crippen LogP contribution in [-0.2, 0) is 0 Å². The minimum absolute atomic E-state index is 0.242. The molecular formula is C17H17FN2O. The third-order valence-electron chi connectivity index (χ3n) is 3.55. The van der Waals surface area contributed by atoms with Crippen molar-refractivity contribution in [2.45, 2.75) is 6.04 Å². The van der Waals surface area contributed by atoms with E-state index in [1.54, 1.807) is 12.1 Å². The summed E-state index contributed by atoms with van der Waals surface area (Å²) >= 11 is 0. The fourth-order valence-electron chi connectivity index (χ4n) is 2.37. The first-order chi connectivity index (χ1) is 10.1. The van der Waals surface area contributed by atoms with Gasteiger partial charge in [0.05, 0.1) is 6.04 Å². The van der Waals surface area contributed by atoms with Crippen molar-refractivity contribution in [3.05, 3.63) is 66.2 Å². The average Bonchev–Trinajstić information content (AvgIpc) is 2.92. The van der Waals surface area contributed by atoms with Crippen LogP contribution in [0.2, 0.25) is 0 Å². The Labute approximate surface area is 122 Å². The molecule has 0 radical (unpaired) electrons. The molecule has 3 aromatic rings. The maximum absolute atomic E-state index is 12.9. The molecule has 0 bridgehead atoms. The second-order valence-electron chi connectivity index (χ2n) is 5.15. The first-order valence-corrected chi connectivity index (χ1v) is 6.84. The summed E-state index contributed by atoms with van der Waals surface area (Å²) in [5.41, 5.74) is 7.98. The second-order valence-corrected chi connectivity index (χ2v) is 5.15. The number of hydrogen-bond donors (Lipinski definition) is 1. The van der Waals surface area contributed by atoms with Crippen LogP contribution in [0.15, 0.2) is 59.0 Å². The molecule has 0 aliphatic heterocycles. The molecule has 0 aliphatic carbocycles. The summed E-state index contributed by atoms with van der Waals surface area (Å²) in [7, 11) is 1.93. The molecule has 0 amide bonds. The van der Waals surface area contributed by atoms with Gasteiger partial charge in [0.25, 0.3) is 0 Å². The van der Waals surface area contributed by atoms with Crippen molar-refractivity contribution >= 4 is 16.7 Å². The average molecular weight is 284 g/mol. The topological polar surface area (TPSA) is 42.4 Å². The van der Waals surface area contributed by atoms with Crippen LogP contribution in [0.25, 0.3) is 11.0 Å². The molecule has 4 heteroatoms. The number of halogens is 1. The molecule has 2 aromatic carbocycles. The van der Waals surface area contributed by atoms with Gasteiger partial charge in [-0.25, -0.2) is 4.39 Å². The van der Waals surface area contributed by atoms with Gasteiger partial charge >= 0.3 is 0 Å². The fourth-order valence-corrected chi connectivity index (χ4v) is 2.37. The molecule has 2 N–H and O–H groups in total. The number of rotatable bonds is 4. The number of nitrogens with two attached hydrogens (primary N) is 1. The van der Waals surface area contributed by atoms with Gasteiger partial charge in [0.15, 0.2) is 0 Å². The van der Waals surface area contributed by atoms with Gasteiger partial charge in [-0.3, -0.25) is 0 Å². The quantitative estimate of drug-likeness (QED) is 0.794. The Balaban J connectivity index is 1.75. The number of anilines is 1. The van der Waals surface area contributed by atoms with Gasteiger partial charge in [-0.2, -0.15) is 0 Å². The third-order valence-corrected chi connectivity index (χ3v) is 3.55. The van der Waals surface area contributed by atoms with Gasteiger partial charge < -0.3 is 15.1 Å². The van der Waals surface area contributed by atoms with E-state index in [0.29, 0.717) is 6.54 Å². The monoisotopic (exact) mass is 284 g/mol. The summed E-state index contributed by atoms with van der Waals surface area (Å²) in [5, 5.41) is 1.05. The highest BCUT2D eigenvalue weighted by Gasteiger charge is 2.14. The van der Waals surface area contributed by atoms with E-state index in [-0.39, 0.29) is 11.9 Å². The SMILES string of the molecule is CN(CC(N)c1cc2ccccc2o1)c1ccc(F)cc1. The molecule has 1 aromatic heterocycles. The fraction of sp³-hybridized carbons (Fsp3) is 0.176. The molecule has 21 heavy (non-hydrogen) atoms. The highest BCUT2D eigenvalue weighted by atomic mass is 19.1. The summed E-state index contributed by atoms with van der Waals surface area (Å²) in [6.45, 7) is 0.589. The van der Waals surface area contributed by atoms with E-state index < -0.39 is 0 Å². The zero-order valence-electron chi connectivity index (χ0n) is 11.8. The summed E-state index contributed by atoms with van der Waals surface area (Å²) in [6.07, 6.45) is 0. The lowest BCUT2D eigenvalue weighted by Crippen LogP contribution is -2.28. The van der Waals surface area contributed by atoms with E-state index in [2.05, 4.69) is 0 Å². The van der Waals surface area contributed by atoms with Gasteiger partial charge in [-0.05, 0) is 36.4 Å². The molecular weight excluding hydrogens is 267 g/mol. The van der Waals surface area contributed by atoms with Crippen molar-refractivity contribution in [1.29, 1.82) is 0 Å². The molecule has 0 aliphatic rings. The Morgan fingerprint density at radius 3 is 2.57 bits per heavy atom. The smallest absolute Gasteiger partial charge is 0.134 e. The molecule has 0 fully saturated rings.